The summed E-state index contributed by atoms with van der Waals surface area (Å²) in [5.41, 5.74) is 2.90. The van der Waals surface area contributed by atoms with Crippen molar-refractivity contribution in [3.63, 3.8) is 0 Å². The molecule has 0 saturated carbocycles. The van der Waals surface area contributed by atoms with Crippen LogP contribution in [0.5, 0.6) is 0 Å². The molecule has 3 N–H and O–H groups in total. The van der Waals surface area contributed by atoms with E-state index in [1.54, 1.807) is 18.3 Å². The Kier molecular flexibility index (Phi) is 6.46. The number of anilines is 2. The van der Waals surface area contributed by atoms with Crippen LogP contribution in [0, 0.1) is 11.7 Å². The lowest BCUT2D eigenvalue weighted by Crippen LogP contribution is -2.31. The fourth-order valence-electron chi connectivity index (χ4n) is 3.95. The molecule has 2 aromatic heterocycles. The van der Waals surface area contributed by atoms with Gasteiger partial charge in [0.1, 0.15) is 11.5 Å². The maximum atomic E-state index is 13.3. The second-order valence-corrected chi connectivity index (χ2v) is 9.03. The monoisotopic (exact) mass is 520 g/mol. The van der Waals surface area contributed by atoms with Crippen LogP contribution in [0.2, 0.25) is 0 Å². The summed E-state index contributed by atoms with van der Waals surface area (Å²) >= 11 is 3.59. The highest BCUT2D eigenvalue weighted by Crippen LogP contribution is 2.32. The van der Waals surface area contributed by atoms with Crippen LogP contribution in [0.15, 0.2) is 65.3 Å². The smallest absolute Gasteiger partial charge is 0.270 e. The fourth-order valence-corrected chi connectivity index (χ4v) is 4.45. The zero-order valence-corrected chi connectivity index (χ0v) is 19.8. The number of pyridine rings is 1. The number of fused-ring (bicyclic) bond motifs is 1. The van der Waals surface area contributed by atoms with Crippen molar-refractivity contribution >= 4 is 44.5 Å². The second kappa shape index (κ2) is 9.82. The first kappa shape index (κ1) is 22.4. The maximum Gasteiger partial charge on any atom is 0.270 e. The lowest BCUT2D eigenvalue weighted by atomic mass is 10.0. The Morgan fingerprint density at radius 1 is 1.12 bits per heavy atom. The van der Waals surface area contributed by atoms with E-state index in [4.69, 9.17) is 0 Å². The van der Waals surface area contributed by atoms with Gasteiger partial charge in [-0.3, -0.25) is 4.79 Å². The van der Waals surface area contributed by atoms with Crippen LogP contribution in [0.3, 0.4) is 0 Å². The molecule has 7 nitrogen and oxygen atoms in total. The Hall–Kier alpha value is -3.43. The molecule has 0 unspecified atom stereocenters. The third-order valence-corrected chi connectivity index (χ3v) is 6.45. The molecular formula is C25H22BrFN6O. The zero-order chi connectivity index (χ0) is 23.5. The SMILES string of the molecule is O=C(NC[C@@H]1CCNC1)c1nc2nc(Nc3ccc(F)cc3)ncc2cc1-c1ccccc1Br. The summed E-state index contributed by atoms with van der Waals surface area (Å²) in [6, 6.07) is 15.5. The first-order valence-electron chi connectivity index (χ1n) is 11.0. The molecule has 3 heterocycles. The summed E-state index contributed by atoms with van der Waals surface area (Å²) in [6.07, 6.45) is 2.70. The van der Waals surface area contributed by atoms with Crippen molar-refractivity contribution in [2.45, 2.75) is 6.42 Å². The largest absolute Gasteiger partial charge is 0.350 e. The maximum absolute atomic E-state index is 13.3. The molecule has 2 aromatic carbocycles. The van der Waals surface area contributed by atoms with Gasteiger partial charge in [-0.1, -0.05) is 34.1 Å². The van der Waals surface area contributed by atoms with Gasteiger partial charge >= 0.3 is 0 Å². The second-order valence-electron chi connectivity index (χ2n) is 8.17. The first-order chi connectivity index (χ1) is 16.6. The normalized spacial score (nSPS) is 15.4. The number of rotatable bonds is 6. The van der Waals surface area contributed by atoms with E-state index in [0.717, 1.165) is 29.5 Å². The van der Waals surface area contributed by atoms with Gasteiger partial charge in [0.25, 0.3) is 5.91 Å². The molecule has 1 aliphatic heterocycles. The summed E-state index contributed by atoms with van der Waals surface area (Å²) in [7, 11) is 0. The highest BCUT2D eigenvalue weighted by Gasteiger charge is 2.21. The molecule has 1 saturated heterocycles. The molecule has 9 heteroatoms. The lowest BCUT2D eigenvalue weighted by molar-refractivity contribution is 0.0944. The van der Waals surface area contributed by atoms with Crippen LogP contribution in [-0.2, 0) is 0 Å². The number of hydrogen-bond acceptors (Lipinski definition) is 6. The number of benzene rings is 2. The molecule has 5 rings (SSSR count). The van der Waals surface area contributed by atoms with Gasteiger partial charge < -0.3 is 16.0 Å². The molecule has 34 heavy (non-hydrogen) atoms. The number of carbonyl (C=O) groups is 1. The molecule has 4 aromatic rings. The predicted octanol–water partition coefficient (Wildman–Crippen LogP) is 4.68. The molecule has 0 spiro atoms. The standard InChI is InChI=1S/C25H22BrFN6O/c26-21-4-2-1-3-19(21)20-11-16-14-30-25(31-18-7-5-17(27)6-8-18)33-23(16)32-22(20)24(34)29-13-15-9-10-28-12-15/h1-8,11,14-15,28H,9-10,12-13H2,(H,29,34)(H,30,31,32,33)/t15-/m1/s1. The summed E-state index contributed by atoms with van der Waals surface area (Å²) in [4.78, 5) is 26.8. The van der Waals surface area contributed by atoms with E-state index in [9.17, 15) is 9.18 Å². The number of aromatic nitrogens is 3. The van der Waals surface area contributed by atoms with Crippen molar-refractivity contribution in [1.29, 1.82) is 0 Å². The number of nitrogens with zero attached hydrogens (tertiary/aromatic N) is 3. The third-order valence-electron chi connectivity index (χ3n) is 5.76. The quantitative estimate of drug-likeness (QED) is 0.342. The highest BCUT2D eigenvalue weighted by atomic mass is 79.9. The Morgan fingerprint density at radius 3 is 2.71 bits per heavy atom. The molecule has 1 amide bonds. The van der Waals surface area contributed by atoms with Crippen molar-refractivity contribution < 1.29 is 9.18 Å². The van der Waals surface area contributed by atoms with Crippen molar-refractivity contribution in [3.8, 4) is 11.1 Å². The Balaban J connectivity index is 1.52. The topological polar surface area (TPSA) is 91.8 Å². The molecular weight excluding hydrogens is 499 g/mol. The van der Waals surface area contributed by atoms with Gasteiger partial charge in [0.05, 0.1) is 0 Å². The summed E-state index contributed by atoms with van der Waals surface area (Å²) in [6.45, 7) is 2.45. The number of carbonyl (C=O) groups excluding carboxylic acids is 1. The van der Waals surface area contributed by atoms with Crippen molar-refractivity contribution in [1.82, 2.24) is 25.6 Å². The van der Waals surface area contributed by atoms with Gasteiger partial charge in [0.2, 0.25) is 5.95 Å². The molecule has 0 aliphatic carbocycles. The van der Waals surface area contributed by atoms with Crippen LogP contribution in [0.4, 0.5) is 16.0 Å². The van der Waals surface area contributed by atoms with Crippen LogP contribution >= 0.6 is 15.9 Å². The average molecular weight is 521 g/mol. The molecule has 0 radical (unpaired) electrons. The Morgan fingerprint density at radius 2 is 1.94 bits per heavy atom. The average Bonchev–Trinajstić information content (AvgIpc) is 3.37. The van der Waals surface area contributed by atoms with Gasteiger partial charge in [0, 0.05) is 33.9 Å². The van der Waals surface area contributed by atoms with Crippen LogP contribution in [0.25, 0.3) is 22.2 Å². The van der Waals surface area contributed by atoms with E-state index in [0.29, 0.717) is 46.4 Å². The number of halogens is 2. The molecule has 1 aliphatic rings. The van der Waals surface area contributed by atoms with Crippen molar-refractivity contribution in [2.24, 2.45) is 5.92 Å². The van der Waals surface area contributed by atoms with Gasteiger partial charge in [-0.05, 0) is 67.4 Å². The van der Waals surface area contributed by atoms with Crippen molar-refractivity contribution in [3.05, 3.63) is 76.8 Å². The van der Waals surface area contributed by atoms with E-state index in [1.165, 1.54) is 12.1 Å². The minimum atomic E-state index is -0.324. The number of amides is 1. The van der Waals surface area contributed by atoms with E-state index in [1.807, 2.05) is 30.3 Å². The van der Waals surface area contributed by atoms with Gasteiger partial charge in [-0.2, -0.15) is 4.98 Å². The molecule has 172 valence electrons. The fraction of sp³-hybridized carbons (Fsp3) is 0.200. The predicted molar refractivity (Wildman–Crippen MR) is 133 cm³/mol. The molecule has 0 bridgehead atoms. The zero-order valence-electron chi connectivity index (χ0n) is 18.2. The van der Waals surface area contributed by atoms with Crippen molar-refractivity contribution in [2.75, 3.05) is 25.0 Å². The van der Waals surface area contributed by atoms with Gasteiger partial charge in [-0.15, -0.1) is 0 Å². The number of hydrogen-bond donors (Lipinski definition) is 3. The minimum absolute atomic E-state index is 0.244. The number of nitrogens with one attached hydrogen (secondary N) is 3. The van der Waals surface area contributed by atoms with Crippen LogP contribution in [0.1, 0.15) is 16.9 Å². The first-order valence-corrected chi connectivity index (χ1v) is 11.8. The minimum Gasteiger partial charge on any atom is -0.350 e. The van der Waals surface area contributed by atoms with E-state index >= 15 is 0 Å². The van der Waals surface area contributed by atoms with Crippen LogP contribution < -0.4 is 16.0 Å². The van der Waals surface area contributed by atoms with E-state index in [2.05, 4.69) is 46.8 Å². The summed E-state index contributed by atoms with van der Waals surface area (Å²) in [5, 5.41) is 10.1. The molecule has 1 fully saturated rings. The Labute approximate surface area is 204 Å². The Bertz CT molecular complexity index is 1340. The van der Waals surface area contributed by atoms with E-state index < -0.39 is 0 Å². The van der Waals surface area contributed by atoms with Gasteiger partial charge in [0.15, 0.2) is 5.65 Å². The lowest BCUT2D eigenvalue weighted by Gasteiger charge is -2.14. The summed E-state index contributed by atoms with van der Waals surface area (Å²) in [5.74, 6) is 0.148. The van der Waals surface area contributed by atoms with Crippen LogP contribution in [-0.4, -0.2) is 40.5 Å². The summed E-state index contributed by atoms with van der Waals surface area (Å²) < 4.78 is 14.1. The third kappa shape index (κ3) is 4.90. The van der Waals surface area contributed by atoms with E-state index in [-0.39, 0.29) is 11.7 Å². The highest BCUT2D eigenvalue weighted by molar-refractivity contribution is 9.10. The van der Waals surface area contributed by atoms with Gasteiger partial charge in [-0.25, -0.2) is 14.4 Å². The molecule has 1 atom stereocenters.